The van der Waals surface area contributed by atoms with Crippen molar-refractivity contribution in [2.45, 2.75) is 18.9 Å². The Morgan fingerprint density at radius 2 is 1.89 bits per heavy atom. The molecule has 102 valence electrons. The fraction of sp³-hybridized carbons (Fsp3) is 0.538. The van der Waals surface area contributed by atoms with E-state index in [0.29, 0.717) is 34.6 Å². The molecular weight excluding hydrogens is 300 g/mol. The molecule has 0 saturated heterocycles. The molecule has 0 fully saturated rings. The van der Waals surface area contributed by atoms with Gasteiger partial charge in [0.2, 0.25) is 0 Å². The first-order valence-electron chi connectivity index (χ1n) is 5.60. The summed E-state index contributed by atoms with van der Waals surface area (Å²) >= 11 is 3.42. The van der Waals surface area contributed by atoms with Crippen LogP contribution in [0.1, 0.15) is 18.9 Å². The number of hydrogen-bond acceptors (Lipinski definition) is 4. The van der Waals surface area contributed by atoms with Crippen LogP contribution in [0.4, 0.5) is 0 Å². The predicted molar refractivity (Wildman–Crippen MR) is 73.3 cm³/mol. The fourth-order valence-electron chi connectivity index (χ4n) is 1.75. The molecule has 0 spiro atoms. The molecule has 0 bridgehead atoms. The van der Waals surface area contributed by atoms with Crippen LogP contribution >= 0.6 is 15.9 Å². The lowest BCUT2D eigenvalue weighted by Gasteiger charge is -2.26. The third-order valence-corrected chi connectivity index (χ3v) is 3.61. The van der Waals surface area contributed by atoms with E-state index in [2.05, 4.69) is 15.9 Å². The lowest BCUT2D eigenvalue weighted by Crippen LogP contribution is -2.24. The molecule has 0 saturated carbocycles. The molecule has 0 aliphatic carbocycles. The summed E-state index contributed by atoms with van der Waals surface area (Å²) in [7, 11) is 4.76. The fourth-order valence-corrected chi connectivity index (χ4v) is 2.42. The zero-order valence-corrected chi connectivity index (χ0v) is 12.7. The van der Waals surface area contributed by atoms with E-state index in [0.717, 1.165) is 0 Å². The van der Waals surface area contributed by atoms with Gasteiger partial charge in [-0.3, -0.25) is 0 Å². The number of rotatable bonds is 6. The minimum absolute atomic E-state index is 0.472. The average Bonchev–Trinajstić information content (AvgIpc) is 2.36. The number of halogens is 1. The van der Waals surface area contributed by atoms with Crippen LogP contribution in [0.15, 0.2) is 16.6 Å². The summed E-state index contributed by atoms with van der Waals surface area (Å²) in [4.78, 5) is 0. The second kappa shape index (κ2) is 6.41. The molecule has 0 amide bonds. The van der Waals surface area contributed by atoms with Crippen molar-refractivity contribution < 1.29 is 19.3 Å². The summed E-state index contributed by atoms with van der Waals surface area (Å²) in [6.07, 6.45) is 0.485. The molecule has 0 radical (unpaired) electrons. The van der Waals surface area contributed by atoms with E-state index < -0.39 is 5.60 Å². The summed E-state index contributed by atoms with van der Waals surface area (Å²) in [6, 6.07) is 3.60. The van der Waals surface area contributed by atoms with Crippen molar-refractivity contribution in [3.63, 3.8) is 0 Å². The van der Waals surface area contributed by atoms with Gasteiger partial charge in [-0.1, -0.05) is 0 Å². The molecule has 0 aliphatic heterocycles. The maximum absolute atomic E-state index is 10.5. The summed E-state index contributed by atoms with van der Waals surface area (Å²) in [5, 5.41) is 10.5. The zero-order valence-electron chi connectivity index (χ0n) is 11.1. The van der Waals surface area contributed by atoms with Crippen molar-refractivity contribution in [2.75, 3.05) is 27.9 Å². The van der Waals surface area contributed by atoms with Gasteiger partial charge in [0.15, 0.2) is 0 Å². The second-order valence-electron chi connectivity index (χ2n) is 4.18. The van der Waals surface area contributed by atoms with Crippen molar-refractivity contribution in [1.82, 2.24) is 0 Å². The lowest BCUT2D eigenvalue weighted by molar-refractivity contribution is 0.0190. The topological polar surface area (TPSA) is 47.9 Å². The number of aliphatic hydroxyl groups is 1. The Bertz CT molecular complexity index is 404. The molecule has 1 N–H and O–H groups in total. The van der Waals surface area contributed by atoms with Gasteiger partial charge >= 0.3 is 0 Å². The van der Waals surface area contributed by atoms with Gasteiger partial charge in [-0.05, 0) is 35.0 Å². The highest BCUT2D eigenvalue weighted by atomic mass is 79.9. The quantitative estimate of drug-likeness (QED) is 0.876. The first kappa shape index (κ1) is 15.3. The van der Waals surface area contributed by atoms with Crippen LogP contribution in [-0.4, -0.2) is 33.0 Å². The zero-order chi connectivity index (χ0) is 13.8. The highest BCUT2D eigenvalue weighted by Crippen LogP contribution is 2.42. The maximum Gasteiger partial charge on any atom is 0.142 e. The molecule has 0 heterocycles. The van der Waals surface area contributed by atoms with Crippen LogP contribution in [0.25, 0.3) is 0 Å². The Hall–Kier alpha value is -0.780. The van der Waals surface area contributed by atoms with Crippen molar-refractivity contribution in [3.05, 3.63) is 22.2 Å². The highest BCUT2D eigenvalue weighted by molar-refractivity contribution is 9.10. The van der Waals surface area contributed by atoms with E-state index in [-0.39, 0.29) is 0 Å². The smallest absolute Gasteiger partial charge is 0.142 e. The SMILES string of the molecule is COCCC(C)(O)c1ccc(OC)c(Br)c1OC. The van der Waals surface area contributed by atoms with E-state index in [4.69, 9.17) is 14.2 Å². The molecule has 1 atom stereocenters. The van der Waals surface area contributed by atoms with Crippen molar-refractivity contribution >= 4 is 15.9 Å². The Morgan fingerprint density at radius 3 is 2.39 bits per heavy atom. The van der Waals surface area contributed by atoms with Crippen LogP contribution in [0, 0.1) is 0 Å². The van der Waals surface area contributed by atoms with Gasteiger partial charge in [-0.25, -0.2) is 0 Å². The van der Waals surface area contributed by atoms with Crippen LogP contribution in [-0.2, 0) is 10.3 Å². The first-order chi connectivity index (χ1) is 8.47. The van der Waals surface area contributed by atoms with Crippen LogP contribution in [0.2, 0.25) is 0 Å². The summed E-state index contributed by atoms with van der Waals surface area (Å²) in [5.74, 6) is 1.24. The molecule has 0 aromatic heterocycles. The third kappa shape index (κ3) is 3.16. The third-order valence-electron chi connectivity index (χ3n) is 2.86. The van der Waals surface area contributed by atoms with Crippen LogP contribution in [0.5, 0.6) is 11.5 Å². The van der Waals surface area contributed by atoms with Crippen molar-refractivity contribution in [3.8, 4) is 11.5 Å². The minimum Gasteiger partial charge on any atom is -0.495 e. The molecule has 5 heteroatoms. The van der Waals surface area contributed by atoms with Gasteiger partial charge in [-0.2, -0.15) is 0 Å². The van der Waals surface area contributed by atoms with Crippen LogP contribution < -0.4 is 9.47 Å². The molecule has 1 unspecified atom stereocenters. The number of methoxy groups -OCH3 is 3. The summed E-state index contributed by atoms with van der Waals surface area (Å²) in [6.45, 7) is 2.21. The molecule has 1 aromatic carbocycles. The Kier molecular flexibility index (Phi) is 5.44. The molecule has 0 aliphatic rings. The van der Waals surface area contributed by atoms with Gasteiger partial charge in [-0.15, -0.1) is 0 Å². The van der Waals surface area contributed by atoms with E-state index in [1.807, 2.05) is 0 Å². The first-order valence-corrected chi connectivity index (χ1v) is 6.39. The van der Waals surface area contributed by atoms with E-state index in [1.165, 1.54) is 0 Å². The maximum atomic E-state index is 10.5. The minimum atomic E-state index is -1.02. The molecule has 4 nitrogen and oxygen atoms in total. The normalized spacial score (nSPS) is 14.1. The number of benzene rings is 1. The standard InChI is InChI=1S/C13H19BrO4/c1-13(15,7-8-16-2)9-5-6-10(17-3)11(14)12(9)18-4/h5-6,15H,7-8H2,1-4H3. The highest BCUT2D eigenvalue weighted by Gasteiger charge is 2.28. The Labute approximate surface area is 116 Å². The van der Waals surface area contributed by atoms with Gasteiger partial charge in [0, 0.05) is 25.7 Å². The van der Waals surface area contributed by atoms with E-state index >= 15 is 0 Å². The van der Waals surface area contributed by atoms with Gasteiger partial charge in [0.25, 0.3) is 0 Å². The van der Waals surface area contributed by atoms with Crippen molar-refractivity contribution in [2.24, 2.45) is 0 Å². The van der Waals surface area contributed by atoms with Gasteiger partial charge < -0.3 is 19.3 Å². The number of hydrogen-bond donors (Lipinski definition) is 1. The van der Waals surface area contributed by atoms with Gasteiger partial charge in [0.05, 0.1) is 19.8 Å². The number of ether oxygens (including phenoxy) is 3. The summed E-state index contributed by atoms with van der Waals surface area (Å²) in [5.41, 5.74) is -0.314. The summed E-state index contributed by atoms with van der Waals surface area (Å²) < 4.78 is 16.3. The second-order valence-corrected chi connectivity index (χ2v) is 4.97. The Morgan fingerprint density at radius 1 is 1.22 bits per heavy atom. The van der Waals surface area contributed by atoms with Crippen LogP contribution in [0.3, 0.4) is 0 Å². The predicted octanol–water partition coefficient (Wildman–Crippen LogP) is 2.71. The van der Waals surface area contributed by atoms with E-state index in [9.17, 15) is 5.11 Å². The molecular formula is C13H19BrO4. The average molecular weight is 319 g/mol. The lowest BCUT2D eigenvalue weighted by atomic mass is 9.92. The van der Waals surface area contributed by atoms with Gasteiger partial charge in [0.1, 0.15) is 16.0 Å². The van der Waals surface area contributed by atoms with E-state index in [1.54, 1.807) is 40.4 Å². The van der Waals surface area contributed by atoms with Crippen molar-refractivity contribution in [1.29, 1.82) is 0 Å². The monoisotopic (exact) mass is 318 g/mol. The Balaban J connectivity index is 3.19. The molecule has 18 heavy (non-hydrogen) atoms. The molecule has 1 aromatic rings. The molecule has 1 rings (SSSR count). The largest absolute Gasteiger partial charge is 0.495 e.